The summed E-state index contributed by atoms with van der Waals surface area (Å²) in [6.45, 7) is 0. The van der Waals surface area contributed by atoms with Crippen LogP contribution in [0.1, 0.15) is 29.6 Å². The maximum absolute atomic E-state index is 13.0. The summed E-state index contributed by atoms with van der Waals surface area (Å²) >= 11 is 0. The molecule has 106 valence electrons. The Hall–Kier alpha value is -2.35. The van der Waals surface area contributed by atoms with Crippen LogP contribution in [0.5, 0.6) is 0 Å². The number of carbonyl (C=O) groups is 2. The molecule has 0 aliphatic carbocycles. The highest BCUT2D eigenvalue weighted by atomic mass is 19.1. The molecule has 5 heteroatoms. The Morgan fingerprint density at radius 2 is 2.25 bits per heavy atom. The molecule has 0 unspecified atom stereocenters. The number of carbonyl (C=O) groups excluding carboxylic acids is 2. The maximum Gasteiger partial charge on any atom is 0.328 e. The molecular formula is C15H16FNO3. The van der Waals surface area contributed by atoms with Crippen molar-refractivity contribution in [2.24, 2.45) is 0 Å². The number of hydrogen-bond acceptors (Lipinski definition) is 3. The summed E-state index contributed by atoms with van der Waals surface area (Å²) in [6.07, 6.45) is 6.60. The number of halogens is 1. The zero-order valence-electron chi connectivity index (χ0n) is 11.2. The van der Waals surface area contributed by atoms with E-state index in [1.165, 1.54) is 25.3 Å². The summed E-state index contributed by atoms with van der Waals surface area (Å²) in [5, 5.41) is 2.52. The standard InChI is InChI=1S/C15H16FNO3/c1-3-4-5-9-13(15(19)20-2)17-14(18)11-7-6-8-12(16)10-11/h1,6-8,10,13H,4-5,9H2,2H3,(H,17,18)/t13-/m1/s1. The van der Waals surface area contributed by atoms with E-state index in [0.29, 0.717) is 19.3 Å². The monoisotopic (exact) mass is 277 g/mol. The van der Waals surface area contributed by atoms with Crippen LogP contribution in [0.3, 0.4) is 0 Å². The van der Waals surface area contributed by atoms with Crippen molar-refractivity contribution in [1.82, 2.24) is 5.32 Å². The van der Waals surface area contributed by atoms with Gasteiger partial charge in [0, 0.05) is 12.0 Å². The van der Waals surface area contributed by atoms with Gasteiger partial charge >= 0.3 is 5.97 Å². The molecule has 0 saturated carbocycles. The van der Waals surface area contributed by atoms with Crippen LogP contribution >= 0.6 is 0 Å². The van der Waals surface area contributed by atoms with Gasteiger partial charge in [-0.3, -0.25) is 4.79 Å². The fraction of sp³-hybridized carbons (Fsp3) is 0.333. The number of amides is 1. The molecule has 1 atom stereocenters. The van der Waals surface area contributed by atoms with Crippen LogP contribution in [0.4, 0.5) is 4.39 Å². The predicted octanol–water partition coefficient (Wildman–Crippen LogP) is 1.90. The van der Waals surface area contributed by atoms with Crippen molar-refractivity contribution in [2.45, 2.75) is 25.3 Å². The van der Waals surface area contributed by atoms with Gasteiger partial charge in [0.05, 0.1) is 7.11 Å². The van der Waals surface area contributed by atoms with E-state index in [1.807, 2.05) is 0 Å². The second-order valence-electron chi connectivity index (χ2n) is 4.16. The maximum atomic E-state index is 13.0. The average molecular weight is 277 g/mol. The predicted molar refractivity (Wildman–Crippen MR) is 72.4 cm³/mol. The molecule has 1 aromatic rings. The topological polar surface area (TPSA) is 55.4 Å². The number of unbranched alkanes of at least 4 members (excludes halogenated alkanes) is 1. The van der Waals surface area contributed by atoms with Crippen LogP contribution in [0.2, 0.25) is 0 Å². The molecule has 0 saturated heterocycles. The lowest BCUT2D eigenvalue weighted by Crippen LogP contribution is -2.41. The van der Waals surface area contributed by atoms with Crippen LogP contribution in [0.25, 0.3) is 0 Å². The zero-order chi connectivity index (χ0) is 15.0. The van der Waals surface area contributed by atoms with Crippen LogP contribution in [-0.2, 0) is 9.53 Å². The lowest BCUT2D eigenvalue weighted by Gasteiger charge is -2.16. The van der Waals surface area contributed by atoms with Crippen molar-refractivity contribution in [1.29, 1.82) is 0 Å². The van der Waals surface area contributed by atoms with E-state index in [0.717, 1.165) is 6.07 Å². The molecule has 0 heterocycles. The molecular weight excluding hydrogens is 261 g/mol. The Labute approximate surface area is 117 Å². The van der Waals surface area contributed by atoms with Crippen LogP contribution in [0.15, 0.2) is 24.3 Å². The van der Waals surface area contributed by atoms with Gasteiger partial charge in [-0.2, -0.15) is 0 Å². The van der Waals surface area contributed by atoms with Gasteiger partial charge in [-0.1, -0.05) is 6.07 Å². The first-order valence-corrected chi connectivity index (χ1v) is 6.16. The minimum atomic E-state index is -0.788. The third-order valence-electron chi connectivity index (χ3n) is 2.69. The molecule has 1 rings (SSSR count). The number of esters is 1. The summed E-state index contributed by atoms with van der Waals surface area (Å²) in [5.74, 6) is 0.867. The molecule has 4 nitrogen and oxygen atoms in total. The molecule has 0 aliphatic rings. The van der Waals surface area contributed by atoms with Crippen LogP contribution in [0, 0.1) is 18.2 Å². The minimum absolute atomic E-state index is 0.149. The van der Waals surface area contributed by atoms with Gasteiger partial charge in [-0.05, 0) is 31.0 Å². The largest absolute Gasteiger partial charge is 0.467 e. The molecule has 0 aromatic heterocycles. The SMILES string of the molecule is C#CCCC[C@@H](NC(=O)c1cccc(F)c1)C(=O)OC. The van der Waals surface area contributed by atoms with Crippen LogP contribution in [-0.4, -0.2) is 25.0 Å². The summed E-state index contributed by atoms with van der Waals surface area (Å²) in [7, 11) is 1.24. The molecule has 1 amide bonds. The van der Waals surface area contributed by atoms with Gasteiger partial charge in [0.2, 0.25) is 0 Å². The van der Waals surface area contributed by atoms with Crippen molar-refractivity contribution >= 4 is 11.9 Å². The van der Waals surface area contributed by atoms with Crippen molar-refractivity contribution in [3.63, 3.8) is 0 Å². The van der Waals surface area contributed by atoms with Crippen molar-refractivity contribution in [2.75, 3.05) is 7.11 Å². The third-order valence-corrected chi connectivity index (χ3v) is 2.69. The smallest absolute Gasteiger partial charge is 0.328 e. The number of ether oxygens (including phenoxy) is 1. The summed E-state index contributed by atoms with van der Waals surface area (Å²) in [6, 6.07) is 4.44. The lowest BCUT2D eigenvalue weighted by molar-refractivity contribution is -0.143. The Morgan fingerprint density at radius 1 is 1.50 bits per heavy atom. The number of benzene rings is 1. The minimum Gasteiger partial charge on any atom is -0.467 e. The number of terminal acetylenes is 1. The van der Waals surface area contributed by atoms with E-state index in [2.05, 4.69) is 16.0 Å². The highest BCUT2D eigenvalue weighted by Gasteiger charge is 2.21. The molecule has 1 aromatic carbocycles. The second kappa shape index (κ2) is 7.95. The highest BCUT2D eigenvalue weighted by molar-refractivity contribution is 5.96. The quantitative estimate of drug-likeness (QED) is 0.491. The normalized spacial score (nSPS) is 11.2. The van der Waals surface area contributed by atoms with E-state index in [9.17, 15) is 14.0 Å². The molecule has 0 aliphatic heterocycles. The number of nitrogens with one attached hydrogen (secondary N) is 1. The lowest BCUT2D eigenvalue weighted by atomic mass is 10.1. The Bertz CT molecular complexity index is 522. The van der Waals surface area contributed by atoms with E-state index in [1.54, 1.807) is 0 Å². The van der Waals surface area contributed by atoms with Gasteiger partial charge in [0.25, 0.3) is 5.91 Å². The third kappa shape index (κ3) is 4.73. The van der Waals surface area contributed by atoms with Gasteiger partial charge in [-0.25, -0.2) is 9.18 Å². The highest BCUT2D eigenvalue weighted by Crippen LogP contribution is 2.07. The van der Waals surface area contributed by atoms with E-state index < -0.39 is 23.7 Å². The van der Waals surface area contributed by atoms with E-state index in [4.69, 9.17) is 6.42 Å². The molecule has 0 fully saturated rings. The number of methoxy groups -OCH3 is 1. The summed E-state index contributed by atoms with van der Waals surface area (Å²) in [4.78, 5) is 23.5. The fourth-order valence-corrected chi connectivity index (χ4v) is 1.67. The molecule has 0 radical (unpaired) electrons. The number of hydrogen-bond donors (Lipinski definition) is 1. The first-order valence-electron chi connectivity index (χ1n) is 6.16. The van der Waals surface area contributed by atoms with Gasteiger partial charge < -0.3 is 10.1 Å². The van der Waals surface area contributed by atoms with Gasteiger partial charge in [0.15, 0.2) is 0 Å². The first-order chi connectivity index (χ1) is 9.58. The van der Waals surface area contributed by atoms with Crippen molar-refractivity contribution in [3.05, 3.63) is 35.6 Å². The zero-order valence-corrected chi connectivity index (χ0v) is 11.2. The second-order valence-corrected chi connectivity index (χ2v) is 4.16. The Kier molecular flexibility index (Phi) is 6.24. The molecule has 0 bridgehead atoms. The summed E-state index contributed by atoms with van der Waals surface area (Å²) in [5.41, 5.74) is 0.149. The van der Waals surface area contributed by atoms with Crippen molar-refractivity contribution < 1.29 is 18.7 Å². The number of rotatable bonds is 6. The average Bonchev–Trinajstić information content (AvgIpc) is 2.45. The van der Waals surface area contributed by atoms with E-state index in [-0.39, 0.29) is 5.56 Å². The molecule has 0 spiro atoms. The fourth-order valence-electron chi connectivity index (χ4n) is 1.67. The Morgan fingerprint density at radius 3 is 2.85 bits per heavy atom. The van der Waals surface area contributed by atoms with Gasteiger partial charge in [-0.15, -0.1) is 12.3 Å². The Balaban J connectivity index is 2.71. The molecule has 20 heavy (non-hydrogen) atoms. The summed E-state index contributed by atoms with van der Waals surface area (Å²) < 4.78 is 17.7. The first kappa shape index (κ1) is 15.7. The van der Waals surface area contributed by atoms with Crippen LogP contribution < -0.4 is 5.32 Å². The van der Waals surface area contributed by atoms with E-state index >= 15 is 0 Å². The van der Waals surface area contributed by atoms with Crippen molar-refractivity contribution in [3.8, 4) is 12.3 Å². The molecule has 1 N–H and O–H groups in total. The van der Waals surface area contributed by atoms with Gasteiger partial charge in [0.1, 0.15) is 11.9 Å².